The van der Waals surface area contributed by atoms with Crippen molar-refractivity contribution in [2.45, 2.75) is 25.4 Å². The first kappa shape index (κ1) is 15.7. The zero-order valence-corrected chi connectivity index (χ0v) is 12.8. The largest absolute Gasteiger partial charge is 0.481 e. The third-order valence-electron chi connectivity index (χ3n) is 3.64. The van der Waals surface area contributed by atoms with Gasteiger partial charge in [-0.25, -0.2) is 9.78 Å². The number of carboxylic acid groups (broad SMARTS) is 1. The number of likely N-dealkylation sites (N-methyl/N-ethyl adjacent to an activating group) is 1. The van der Waals surface area contributed by atoms with E-state index in [0.717, 1.165) is 11.4 Å². The van der Waals surface area contributed by atoms with E-state index in [0.29, 0.717) is 0 Å². The van der Waals surface area contributed by atoms with Crippen molar-refractivity contribution in [3.8, 4) is 0 Å². The first-order valence-corrected chi connectivity index (χ1v) is 7.65. The quantitative estimate of drug-likeness (QED) is 0.856. The summed E-state index contributed by atoms with van der Waals surface area (Å²) in [6.45, 7) is 2.35. The zero-order valence-electron chi connectivity index (χ0n) is 12.0. The zero-order chi connectivity index (χ0) is 15.4. The summed E-state index contributed by atoms with van der Waals surface area (Å²) in [5, 5.41) is 14.7. The van der Waals surface area contributed by atoms with Crippen LogP contribution in [0.2, 0.25) is 0 Å². The number of aromatic nitrogens is 1. The first-order chi connectivity index (χ1) is 10.0. The fraction of sp³-hybridized carbons (Fsp3) is 0.615. The lowest BCUT2D eigenvalue weighted by molar-refractivity contribution is -0.142. The van der Waals surface area contributed by atoms with Crippen LogP contribution in [-0.4, -0.2) is 53.3 Å². The van der Waals surface area contributed by atoms with E-state index in [4.69, 9.17) is 9.84 Å². The molecule has 0 aromatic carbocycles. The topological polar surface area (TPSA) is 91.8 Å². The van der Waals surface area contributed by atoms with Crippen LogP contribution in [0.4, 0.5) is 4.79 Å². The van der Waals surface area contributed by atoms with Crippen LogP contribution in [0.5, 0.6) is 0 Å². The van der Waals surface area contributed by atoms with E-state index in [-0.39, 0.29) is 25.3 Å². The van der Waals surface area contributed by atoms with E-state index in [1.165, 1.54) is 16.2 Å². The van der Waals surface area contributed by atoms with E-state index >= 15 is 0 Å². The van der Waals surface area contributed by atoms with Gasteiger partial charge in [0.25, 0.3) is 0 Å². The smallest absolute Gasteiger partial charge is 0.318 e. The molecule has 1 aromatic heterocycles. The maximum absolute atomic E-state index is 12.3. The molecule has 116 valence electrons. The Balaban J connectivity index is 2.00. The molecule has 2 rings (SSSR count). The molecule has 1 saturated heterocycles. The Labute approximate surface area is 126 Å². The van der Waals surface area contributed by atoms with Gasteiger partial charge >= 0.3 is 12.0 Å². The summed E-state index contributed by atoms with van der Waals surface area (Å²) >= 11 is 1.48. The summed E-state index contributed by atoms with van der Waals surface area (Å²) in [4.78, 5) is 29.1. The molecule has 0 spiro atoms. The third kappa shape index (κ3) is 3.51. The van der Waals surface area contributed by atoms with Gasteiger partial charge in [-0.15, -0.1) is 11.3 Å². The molecular weight excluding hydrogens is 294 g/mol. The number of carboxylic acids is 1. The summed E-state index contributed by atoms with van der Waals surface area (Å²) in [7, 11) is 1.60. The van der Waals surface area contributed by atoms with Crippen LogP contribution in [0.15, 0.2) is 11.6 Å². The lowest BCUT2D eigenvalue weighted by Gasteiger charge is -2.28. The van der Waals surface area contributed by atoms with Crippen LogP contribution in [0.25, 0.3) is 0 Å². The maximum atomic E-state index is 12.3. The lowest BCUT2D eigenvalue weighted by atomic mass is 10.0. The molecule has 0 radical (unpaired) electrons. The second kappa shape index (κ2) is 6.86. The molecular formula is C13H19N3O4S. The number of ether oxygens (including phenoxy) is 1. The third-order valence-corrected chi connectivity index (χ3v) is 4.53. The summed E-state index contributed by atoms with van der Waals surface area (Å²) in [6, 6.07) is -0.916. The predicted octanol–water partition coefficient (Wildman–Crippen LogP) is 1.34. The lowest BCUT2D eigenvalue weighted by Crippen LogP contribution is -2.49. The Morgan fingerprint density at radius 1 is 1.62 bits per heavy atom. The molecule has 0 saturated carbocycles. The highest BCUT2D eigenvalue weighted by Crippen LogP contribution is 2.22. The molecule has 8 heteroatoms. The Morgan fingerprint density at radius 3 is 2.95 bits per heavy atom. The Morgan fingerprint density at radius 2 is 2.38 bits per heavy atom. The minimum Gasteiger partial charge on any atom is -0.481 e. The van der Waals surface area contributed by atoms with Gasteiger partial charge in [-0.3, -0.25) is 4.79 Å². The fourth-order valence-electron chi connectivity index (χ4n) is 2.31. The van der Waals surface area contributed by atoms with Crippen LogP contribution in [0.1, 0.15) is 24.4 Å². The molecule has 21 heavy (non-hydrogen) atoms. The van der Waals surface area contributed by atoms with Crippen molar-refractivity contribution < 1.29 is 19.4 Å². The minimum atomic E-state index is -0.941. The summed E-state index contributed by atoms with van der Waals surface area (Å²) in [6.07, 6.45) is 2.42. The number of nitrogens with zero attached hydrogens (tertiary/aromatic N) is 2. The highest BCUT2D eigenvalue weighted by Gasteiger charge is 2.38. The average molecular weight is 313 g/mol. The molecule has 3 unspecified atom stereocenters. The second-order valence-corrected chi connectivity index (χ2v) is 5.87. The molecule has 3 atom stereocenters. The van der Waals surface area contributed by atoms with Crippen molar-refractivity contribution in [1.82, 2.24) is 15.2 Å². The van der Waals surface area contributed by atoms with E-state index in [1.807, 2.05) is 12.3 Å². The average Bonchev–Trinajstić information content (AvgIpc) is 3.13. The van der Waals surface area contributed by atoms with Gasteiger partial charge in [0, 0.05) is 18.6 Å². The fourth-order valence-corrected chi connectivity index (χ4v) is 3.08. The van der Waals surface area contributed by atoms with Gasteiger partial charge in [0.15, 0.2) is 0 Å². The summed E-state index contributed by atoms with van der Waals surface area (Å²) in [5.74, 6) is -1.62. The number of carbonyl (C=O) groups excluding carboxylic acids is 1. The van der Waals surface area contributed by atoms with Crippen molar-refractivity contribution in [1.29, 1.82) is 0 Å². The molecule has 1 aliphatic heterocycles. The Hall–Kier alpha value is -1.67. The van der Waals surface area contributed by atoms with Gasteiger partial charge in [0.2, 0.25) is 0 Å². The van der Waals surface area contributed by atoms with Gasteiger partial charge in [-0.05, 0) is 6.42 Å². The number of rotatable bonds is 5. The number of hydrogen-bond acceptors (Lipinski definition) is 5. The normalized spacial score (nSPS) is 22.8. The second-order valence-electron chi connectivity index (χ2n) is 4.94. The van der Waals surface area contributed by atoms with E-state index in [2.05, 4.69) is 10.3 Å². The van der Waals surface area contributed by atoms with Crippen molar-refractivity contribution in [3.63, 3.8) is 0 Å². The number of aliphatic carboxylic acids is 1. The number of urea groups is 1. The predicted molar refractivity (Wildman–Crippen MR) is 77.2 cm³/mol. The van der Waals surface area contributed by atoms with Crippen LogP contribution in [0, 0.1) is 5.92 Å². The highest BCUT2D eigenvalue weighted by atomic mass is 32.1. The molecule has 2 heterocycles. The summed E-state index contributed by atoms with van der Waals surface area (Å²) in [5.41, 5.74) is 0. The summed E-state index contributed by atoms with van der Waals surface area (Å²) < 4.78 is 5.19. The van der Waals surface area contributed by atoms with Crippen LogP contribution >= 0.6 is 11.3 Å². The number of hydrogen-bond donors (Lipinski definition) is 2. The molecule has 2 N–H and O–H groups in total. The maximum Gasteiger partial charge on any atom is 0.318 e. The van der Waals surface area contributed by atoms with Crippen molar-refractivity contribution in [2.24, 2.45) is 5.92 Å². The molecule has 1 aliphatic rings. The van der Waals surface area contributed by atoms with E-state index in [9.17, 15) is 9.59 Å². The van der Waals surface area contributed by atoms with Crippen LogP contribution < -0.4 is 5.32 Å². The van der Waals surface area contributed by atoms with E-state index in [1.54, 1.807) is 13.2 Å². The van der Waals surface area contributed by atoms with Gasteiger partial charge in [-0.2, -0.15) is 0 Å². The van der Waals surface area contributed by atoms with Crippen molar-refractivity contribution in [3.05, 3.63) is 16.6 Å². The van der Waals surface area contributed by atoms with Crippen molar-refractivity contribution >= 4 is 23.3 Å². The molecule has 0 bridgehead atoms. The first-order valence-electron chi connectivity index (χ1n) is 6.77. The number of nitrogens with one attached hydrogen (secondary N) is 1. The van der Waals surface area contributed by atoms with Gasteiger partial charge < -0.3 is 20.1 Å². The molecule has 1 fully saturated rings. The highest BCUT2D eigenvalue weighted by molar-refractivity contribution is 7.09. The Kier molecular flexibility index (Phi) is 5.13. The van der Waals surface area contributed by atoms with Crippen molar-refractivity contribution in [2.75, 3.05) is 20.3 Å². The SMILES string of the molecule is CCC(NC(=O)N(C)C1COCC1C(=O)O)c1nccs1. The van der Waals surface area contributed by atoms with Gasteiger partial charge in [-0.1, -0.05) is 6.92 Å². The van der Waals surface area contributed by atoms with Gasteiger partial charge in [0.1, 0.15) is 10.9 Å². The molecule has 7 nitrogen and oxygen atoms in total. The molecule has 1 aromatic rings. The van der Waals surface area contributed by atoms with Gasteiger partial charge in [0.05, 0.1) is 25.3 Å². The minimum absolute atomic E-state index is 0.140. The Bertz CT molecular complexity index is 494. The number of thiazole rings is 1. The van der Waals surface area contributed by atoms with Crippen LogP contribution in [-0.2, 0) is 9.53 Å². The monoisotopic (exact) mass is 313 g/mol. The number of amides is 2. The van der Waals surface area contributed by atoms with Crippen LogP contribution in [0.3, 0.4) is 0 Å². The number of carbonyl (C=O) groups is 2. The standard InChI is InChI=1S/C13H19N3O4S/c1-3-9(11-14-4-5-21-11)15-13(19)16(2)10-7-20-6-8(10)12(17)18/h4-5,8-10H,3,6-7H2,1-2H3,(H,15,19)(H,17,18). The molecule has 0 aliphatic carbocycles. The molecule has 2 amide bonds. The van der Waals surface area contributed by atoms with E-state index < -0.39 is 17.9 Å².